The molecule has 0 radical (unpaired) electrons. The van der Waals surface area contributed by atoms with Gasteiger partial charge in [0.25, 0.3) is 0 Å². The summed E-state index contributed by atoms with van der Waals surface area (Å²) in [7, 11) is 0. The molecule has 11 rings (SSSR count). The number of fused-ring (bicyclic) bond motifs is 5. The average Bonchev–Trinajstić information content (AvgIpc) is 3.78. The van der Waals surface area contributed by atoms with Crippen molar-refractivity contribution in [2.75, 3.05) is 4.90 Å². The van der Waals surface area contributed by atoms with Crippen LogP contribution in [0.5, 0.6) is 0 Å². The summed E-state index contributed by atoms with van der Waals surface area (Å²) in [6.07, 6.45) is 0. The molecule has 0 aliphatic carbocycles. The van der Waals surface area contributed by atoms with Crippen molar-refractivity contribution < 1.29 is 15.4 Å². The monoisotopic (exact) mass is 773 g/mol. The standard InChI is InChI=1S/C58H39NO/c1-3-12-40(13-4-1)46-17-9-19-48(38-46)42-24-31-50(32-25-42)59(51-33-26-43(27-34-51)49-20-10-18-47(39-49)41-14-5-2-6-15-41)52-35-28-45(29-36-52)53-22-11-23-56-57(53)55-37-30-44-16-7-8-21-54(44)58(55)60-56/h1-39H/i24D,25D,26D,27D,31D,32D,33D,34D. The highest BCUT2D eigenvalue weighted by Crippen LogP contribution is 2.42. The van der Waals surface area contributed by atoms with Crippen molar-refractivity contribution in [2.24, 2.45) is 0 Å². The first-order valence-corrected chi connectivity index (χ1v) is 19.8. The van der Waals surface area contributed by atoms with Crippen LogP contribution < -0.4 is 4.90 Å². The first-order valence-electron chi connectivity index (χ1n) is 23.8. The van der Waals surface area contributed by atoms with Crippen molar-refractivity contribution in [3.8, 4) is 55.6 Å². The van der Waals surface area contributed by atoms with Crippen molar-refractivity contribution in [2.45, 2.75) is 0 Å². The summed E-state index contributed by atoms with van der Waals surface area (Å²) in [5.74, 6) is 0. The quantitative estimate of drug-likeness (QED) is 0.153. The molecule has 10 aromatic carbocycles. The molecule has 1 aromatic heterocycles. The second-order valence-electron chi connectivity index (χ2n) is 14.7. The van der Waals surface area contributed by atoms with Crippen LogP contribution in [0.2, 0.25) is 0 Å². The lowest BCUT2D eigenvalue weighted by Gasteiger charge is -2.26. The molecule has 0 saturated heterocycles. The van der Waals surface area contributed by atoms with Gasteiger partial charge in [-0.25, -0.2) is 0 Å². The van der Waals surface area contributed by atoms with Gasteiger partial charge in [0, 0.05) is 33.2 Å². The highest BCUT2D eigenvalue weighted by atomic mass is 16.3. The molecule has 60 heavy (non-hydrogen) atoms. The van der Waals surface area contributed by atoms with Gasteiger partial charge in [-0.2, -0.15) is 0 Å². The fourth-order valence-electron chi connectivity index (χ4n) is 8.05. The number of furan rings is 1. The summed E-state index contributed by atoms with van der Waals surface area (Å²) in [5.41, 5.74) is 7.81. The first-order chi connectivity index (χ1) is 33.1. The summed E-state index contributed by atoms with van der Waals surface area (Å²) >= 11 is 0. The Labute approximate surface area is 361 Å². The molecule has 2 heteroatoms. The molecule has 11 aromatic rings. The molecule has 0 atom stereocenters. The minimum absolute atomic E-state index is 0.0956. The van der Waals surface area contributed by atoms with Crippen LogP contribution >= 0.6 is 0 Å². The summed E-state index contributed by atoms with van der Waals surface area (Å²) in [5, 5.41) is 3.95. The second-order valence-corrected chi connectivity index (χ2v) is 14.7. The van der Waals surface area contributed by atoms with Gasteiger partial charge in [0.15, 0.2) is 0 Å². The Balaban J connectivity index is 1.10. The molecule has 0 aliphatic rings. The zero-order valence-corrected chi connectivity index (χ0v) is 32.3. The van der Waals surface area contributed by atoms with E-state index in [0.29, 0.717) is 16.8 Å². The van der Waals surface area contributed by atoms with Gasteiger partial charge in [0.1, 0.15) is 11.2 Å². The van der Waals surface area contributed by atoms with E-state index in [4.69, 9.17) is 4.42 Å². The smallest absolute Gasteiger partial charge is 0.143 e. The van der Waals surface area contributed by atoms with E-state index in [-0.39, 0.29) is 46.7 Å². The van der Waals surface area contributed by atoms with Gasteiger partial charge in [-0.15, -0.1) is 0 Å². The van der Waals surface area contributed by atoms with Crippen LogP contribution in [-0.2, 0) is 0 Å². The Morgan fingerprint density at radius 1 is 0.333 bits per heavy atom. The van der Waals surface area contributed by atoms with E-state index < -0.39 is 24.2 Å². The highest BCUT2D eigenvalue weighted by Gasteiger charge is 2.17. The fraction of sp³-hybridized carbons (Fsp3) is 0. The van der Waals surface area contributed by atoms with Crippen molar-refractivity contribution >= 4 is 49.8 Å². The van der Waals surface area contributed by atoms with Crippen molar-refractivity contribution in [3.05, 3.63) is 236 Å². The van der Waals surface area contributed by atoms with Gasteiger partial charge >= 0.3 is 0 Å². The molecule has 0 amide bonds. The molecule has 0 spiro atoms. The predicted molar refractivity (Wildman–Crippen MR) is 253 cm³/mol. The Bertz CT molecular complexity index is 3570. The van der Waals surface area contributed by atoms with Crippen LogP contribution in [0, 0.1) is 0 Å². The number of rotatable bonds is 8. The molecule has 282 valence electrons. The molecule has 1 heterocycles. The molecule has 0 bridgehead atoms. The Morgan fingerprint density at radius 3 is 1.42 bits per heavy atom. The molecule has 2 nitrogen and oxygen atoms in total. The third-order valence-corrected chi connectivity index (χ3v) is 11.0. The van der Waals surface area contributed by atoms with Gasteiger partial charge in [-0.05, 0) is 122 Å². The second kappa shape index (κ2) is 15.1. The number of nitrogens with zero attached hydrogens (tertiary/aromatic N) is 1. The zero-order valence-electron chi connectivity index (χ0n) is 40.3. The van der Waals surface area contributed by atoms with Crippen LogP contribution in [0.15, 0.2) is 241 Å². The summed E-state index contributed by atoms with van der Waals surface area (Å²) in [6.45, 7) is 0. The average molecular weight is 774 g/mol. The lowest BCUT2D eigenvalue weighted by atomic mass is 9.97. The largest absolute Gasteiger partial charge is 0.455 e. The normalized spacial score (nSPS) is 13.2. The summed E-state index contributed by atoms with van der Waals surface area (Å²) in [6, 6.07) is 56.6. The number of benzene rings is 10. The van der Waals surface area contributed by atoms with E-state index in [2.05, 4.69) is 18.2 Å². The summed E-state index contributed by atoms with van der Waals surface area (Å²) in [4.78, 5) is 1.35. The molecule has 0 aliphatic heterocycles. The van der Waals surface area contributed by atoms with Crippen LogP contribution in [0.1, 0.15) is 11.0 Å². The van der Waals surface area contributed by atoms with E-state index in [9.17, 15) is 11.0 Å². The topological polar surface area (TPSA) is 16.4 Å². The number of hydrogen-bond donors (Lipinski definition) is 0. The number of anilines is 3. The Morgan fingerprint density at radius 2 is 0.833 bits per heavy atom. The molecule has 0 unspecified atom stereocenters. The molecular formula is C58H39NO. The van der Waals surface area contributed by atoms with Crippen LogP contribution in [0.25, 0.3) is 88.3 Å². The van der Waals surface area contributed by atoms with Gasteiger partial charge in [0.05, 0.1) is 11.0 Å². The molecular weight excluding hydrogens is 727 g/mol. The lowest BCUT2D eigenvalue weighted by molar-refractivity contribution is 0.673. The SMILES string of the molecule is [2H]c1c([2H])c(N(c2ccc(-c3cccc4oc5c6ccccc6ccc5c34)cc2)c2c([2H])c([2H])c(-c3cccc(-c4ccccc4)c3)c([2H])c2[2H])c([2H])c([2H])c1-c1cccc(-c2ccccc2)c1. The van der Waals surface area contributed by atoms with Crippen molar-refractivity contribution in [3.63, 3.8) is 0 Å². The van der Waals surface area contributed by atoms with Crippen LogP contribution in [0.3, 0.4) is 0 Å². The van der Waals surface area contributed by atoms with Gasteiger partial charge in [-0.3, -0.25) is 0 Å². The van der Waals surface area contributed by atoms with Crippen molar-refractivity contribution in [1.82, 2.24) is 0 Å². The van der Waals surface area contributed by atoms with E-state index in [1.54, 1.807) is 24.3 Å². The van der Waals surface area contributed by atoms with Crippen LogP contribution in [0.4, 0.5) is 17.1 Å². The Kier molecular flexibility index (Phi) is 6.96. The first kappa shape index (κ1) is 27.7. The van der Waals surface area contributed by atoms with E-state index in [1.807, 2.05) is 146 Å². The van der Waals surface area contributed by atoms with E-state index in [0.717, 1.165) is 66.1 Å². The maximum Gasteiger partial charge on any atom is 0.143 e. The fourth-order valence-corrected chi connectivity index (χ4v) is 8.05. The maximum absolute atomic E-state index is 9.62. The van der Waals surface area contributed by atoms with Gasteiger partial charge < -0.3 is 9.32 Å². The van der Waals surface area contributed by atoms with Gasteiger partial charge in [-0.1, -0.05) is 176 Å². The predicted octanol–water partition coefficient (Wildman–Crippen LogP) is 16.5. The third-order valence-electron chi connectivity index (χ3n) is 11.0. The number of hydrogen-bond acceptors (Lipinski definition) is 2. The minimum Gasteiger partial charge on any atom is -0.455 e. The molecule has 0 fully saturated rings. The molecule has 0 N–H and O–H groups in total. The van der Waals surface area contributed by atoms with E-state index >= 15 is 0 Å². The van der Waals surface area contributed by atoms with Crippen molar-refractivity contribution in [1.29, 1.82) is 0 Å². The third kappa shape index (κ3) is 6.51. The van der Waals surface area contributed by atoms with Crippen LogP contribution in [-0.4, -0.2) is 0 Å². The highest BCUT2D eigenvalue weighted by molar-refractivity contribution is 6.19. The Hall–Kier alpha value is -7.94. The lowest BCUT2D eigenvalue weighted by Crippen LogP contribution is -2.09. The summed E-state index contributed by atoms with van der Waals surface area (Å²) < 4.78 is 82.8. The molecule has 0 saturated carbocycles. The van der Waals surface area contributed by atoms with E-state index in [1.165, 1.54) is 4.90 Å². The minimum atomic E-state index is -0.409. The van der Waals surface area contributed by atoms with Gasteiger partial charge in [0.2, 0.25) is 0 Å². The zero-order chi connectivity index (χ0) is 46.8. The maximum atomic E-state index is 9.62.